The van der Waals surface area contributed by atoms with E-state index >= 15 is 0 Å². The molecule has 0 bridgehead atoms. The average molecular weight is 431 g/mol. The number of pyridine rings is 1. The SMILES string of the molecule is Cc1cc(C=O)cnc1-c1ccc(C(=O)Nc2ccccc2OC(=O)NC(C)(C)C)cc1. The lowest BCUT2D eigenvalue weighted by molar-refractivity contribution is 0.102. The lowest BCUT2D eigenvalue weighted by Crippen LogP contribution is -2.42. The summed E-state index contributed by atoms with van der Waals surface area (Å²) in [6, 6.07) is 15.5. The zero-order chi connectivity index (χ0) is 23.3. The summed E-state index contributed by atoms with van der Waals surface area (Å²) >= 11 is 0. The van der Waals surface area contributed by atoms with Gasteiger partial charge in [0.05, 0.1) is 11.4 Å². The lowest BCUT2D eigenvalue weighted by Gasteiger charge is -2.20. The zero-order valence-electron chi connectivity index (χ0n) is 18.4. The Morgan fingerprint density at radius 2 is 1.72 bits per heavy atom. The molecule has 0 aliphatic carbocycles. The van der Waals surface area contributed by atoms with Gasteiger partial charge in [0.25, 0.3) is 5.91 Å². The minimum atomic E-state index is -0.605. The highest BCUT2D eigenvalue weighted by molar-refractivity contribution is 6.05. The Morgan fingerprint density at radius 3 is 2.34 bits per heavy atom. The second kappa shape index (κ2) is 9.43. The maximum atomic E-state index is 12.8. The van der Waals surface area contributed by atoms with Crippen LogP contribution in [-0.4, -0.2) is 28.8 Å². The molecular formula is C25H25N3O4. The van der Waals surface area contributed by atoms with Gasteiger partial charge in [0.15, 0.2) is 12.0 Å². The van der Waals surface area contributed by atoms with Crippen LogP contribution in [0, 0.1) is 6.92 Å². The molecule has 3 rings (SSSR count). The van der Waals surface area contributed by atoms with Gasteiger partial charge >= 0.3 is 6.09 Å². The van der Waals surface area contributed by atoms with E-state index < -0.39 is 11.6 Å². The van der Waals surface area contributed by atoms with E-state index in [1.165, 1.54) is 6.20 Å². The summed E-state index contributed by atoms with van der Waals surface area (Å²) in [5.74, 6) is -0.0980. The molecule has 1 heterocycles. The van der Waals surface area contributed by atoms with Crippen molar-refractivity contribution >= 4 is 24.0 Å². The molecule has 3 aromatic rings. The lowest BCUT2D eigenvalue weighted by atomic mass is 10.0. The first-order chi connectivity index (χ1) is 15.2. The number of rotatable bonds is 5. The van der Waals surface area contributed by atoms with E-state index in [4.69, 9.17) is 4.74 Å². The quantitative estimate of drug-likeness (QED) is 0.554. The smallest absolute Gasteiger partial charge is 0.408 e. The van der Waals surface area contributed by atoms with Crippen LogP contribution in [0.4, 0.5) is 10.5 Å². The third-order valence-corrected chi connectivity index (χ3v) is 4.47. The van der Waals surface area contributed by atoms with Crippen molar-refractivity contribution in [1.29, 1.82) is 0 Å². The number of aryl methyl sites for hydroxylation is 1. The number of aromatic nitrogens is 1. The minimum Gasteiger partial charge on any atom is -0.408 e. The number of para-hydroxylation sites is 2. The van der Waals surface area contributed by atoms with Crippen LogP contribution >= 0.6 is 0 Å². The van der Waals surface area contributed by atoms with Crippen molar-refractivity contribution in [2.75, 3.05) is 5.32 Å². The predicted molar refractivity (Wildman–Crippen MR) is 123 cm³/mol. The van der Waals surface area contributed by atoms with Crippen LogP contribution in [0.25, 0.3) is 11.3 Å². The Bertz CT molecular complexity index is 1150. The Labute approximate surface area is 186 Å². The molecule has 32 heavy (non-hydrogen) atoms. The summed E-state index contributed by atoms with van der Waals surface area (Å²) in [7, 11) is 0. The molecule has 0 unspecified atom stereocenters. The van der Waals surface area contributed by atoms with Crippen LogP contribution in [0.3, 0.4) is 0 Å². The van der Waals surface area contributed by atoms with Gasteiger partial charge in [-0.3, -0.25) is 14.6 Å². The van der Waals surface area contributed by atoms with Crippen molar-refractivity contribution in [2.24, 2.45) is 0 Å². The van der Waals surface area contributed by atoms with Crippen molar-refractivity contribution < 1.29 is 19.1 Å². The van der Waals surface area contributed by atoms with E-state index in [2.05, 4.69) is 15.6 Å². The van der Waals surface area contributed by atoms with E-state index in [0.29, 0.717) is 16.8 Å². The average Bonchev–Trinajstić information content (AvgIpc) is 2.74. The van der Waals surface area contributed by atoms with E-state index in [-0.39, 0.29) is 11.7 Å². The molecule has 0 spiro atoms. The monoisotopic (exact) mass is 431 g/mol. The highest BCUT2D eigenvalue weighted by Crippen LogP contribution is 2.26. The van der Waals surface area contributed by atoms with E-state index in [9.17, 15) is 14.4 Å². The van der Waals surface area contributed by atoms with Gasteiger partial charge in [-0.15, -0.1) is 0 Å². The largest absolute Gasteiger partial charge is 0.413 e. The molecule has 0 saturated carbocycles. The first-order valence-electron chi connectivity index (χ1n) is 10.1. The van der Waals surface area contributed by atoms with Crippen molar-refractivity contribution in [3.05, 3.63) is 77.5 Å². The molecule has 7 heteroatoms. The molecule has 2 amide bonds. The van der Waals surface area contributed by atoms with Gasteiger partial charge in [0, 0.05) is 28.4 Å². The predicted octanol–water partition coefficient (Wildman–Crippen LogP) is 5.01. The van der Waals surface area contributed by atoms with Gasteiger partial charge < -0.3 is 15.4 Å². The van der Waals surface area contributed by atoms with Gasteiger partial charge in [-0.1, -0.05) is 24.3 Å². The number of nitrogens with zero attached hydrogens (tertiary/aromatic N) is 1. The Morgan fingerprint density at radius 1 is 1.03 bits per heavy atom. The van der Waals surface area contributed by atoms with Gasteiger partial charge in [0.1, 0.15) is 0 Å². The molecule has 0 aliphatic heterocycles. The standard InChI is InChI=1S/C25H25N3O4/c1-16-13-17(15-29)14-26-22(16)18-9-11-19(12-10-18)23(30)27-20-7-5-6-8-21(20)32-24(31)28-25(2,3)4/h5-15H,1-4H3,(H,27,30)(H,28,31). The fourth-order valence-corrected chi connectivity index (χ4v) is 3.03. The second-order valence-electron chi connectivity index (χ2n) is 8.34. The summed E-state index contributed by atoms with van der Waals surface area (Å²) in [5.41, 5.74) is 3.33. The van der Waals surface area contributed by atoms with Crippen molar-refractivity contribution in [3.63, 3.8) is 0 Å². The Kier molecular flexibility index (Phi) is 6.68. The van der Waals surface area contributed by atoms with E-state index in [1.807, 2.05) is 27.7 Å². The first-order valence-corrected chi connectivity index (χ1v) is 10.1. The number of nitrogens with one attached hydrogen (secondary N) is 2. The van der Waals surface area contributed by atoms with Crippen LogP contribution < -0.4 is 15.4 Å². The number of carbonyl (C=O) groups excluding carboxylic acids is 3. The number of hydrogen-bond donors (Lipinski definition) is 2. The molecule has 2 aromatic carbocycles. The zero-order valence-corrected chi connectivity index (χ0v) is 18.4. The molecule has 0 atom stereocenters. The number of aldehydes is 1. The second-order valence-corrected chi connectivity index (χ2v) is 8.34. The number of benzene rings is 2. The molecule has 1 aromatic heterocycles. The molecular weight excluding hydrogens is 406 g/mol. The molecule has 0 saturated heterocycles. The van der Waals surface area contributed by atoms with Gasteiger partial charge in [-0.2, -0.15) is 0 Å². The van der Waals surface area contributed by atoms with Crippen LogP contribution in [0.5, 0.6) is 5.75 Å². The highest BCUT2D eigenvalue weighted by Gasteiger charge is 2.17. The number of ether oxygens (including phenoxy) is 1. The van der Waals surface area contributed by atoms with E-state index in [0.717, 1.165) is 23.1 Å². The normalized spacial score (nSPS) is 10.9. The van der Waals surface area contributed by atoms with Gasteiger partial charge in [0.2, 0.25) is 0 Å². The van der Waals surface area contributed by atoms with Crippen molar-refractivity contribution in [1.82, 2.24) is 10.3 Å². The molecule has 0 fully saturated rings. The number of carbonyl (C=O) groups is 3. The minimum absolute atomic E-state index is 0.245. The van der Waals surface area contributed by atoms with E-state index in [1.54, 1.807) is 54.6 Å². The van der Waals surface area contributed by atoms with Crippen LogP contribution in [0.1, 0.15) is 47.1 Å². The third kappa shape index (κ3) is 5.78. The molecule has 164 valence electrons. The Hall–Kier alpha value is -4.00. The maximum Gasteiger partial charge on any atom is 0.413 e. The number of amides is 2. The van der Waals surface area contributed by atoms with Crippen LogP contribution in [0.15, 0.2) is 60.8 Å². The molecule has 0 radical (unpaired) electrons. The van der Waals surface area contributed by atoms with Crippen LogP contribution in [-0.2, 0) is 0 Å². The third-order valence-electron chi connectivity index (χ3n) is 4.47. The fourth-order valence-electron chi connectivity index (χ4n) is 3.03. The number of hydrogen-bond acceptors (Lipinski definition) is 5. The van der Waals surface area contributed by atoms with Crippen molar-refractivity contribution in [3.8, 4) is 17.0 Å². The Balaban J connectivity index is 1.74. The first kappa shape index (κ1) is 22.7. The highest BCUT2D eigenvalue weighted by atomic mass is 16.6. The van der Waals surface area contributed by atoms with Gasteiger partial charge in [-0.05, 0) is 63.6 Å². The summed E-state index contributed by atoms with van der Waals surface area (Å²) in [6.45, 7) is 7.42. The molecule has 7 nitrogen and oxygen atoms in total. The summed E-state index contributed by atoms with van der Waals surface area (Å²) in [4.78, 5) is 40.1. The van der Waals surface area contributed by atoms with Crippen molar-refractivity contribution in [2.45, 2.75) is 33.2 Å². The summed E-state index contributed by atoms with van der Waals surface area (Å²) in [6.07, 6.45) is 1.67. The number of anilines is 1. The van der Waals surface area contributed by atoms with Crippen LogP contribution in [0.2, 0.25) is 0 Å². The summed E-state index contributed by atoms with van der Waals surface area (Å²) < 4.78 is 5.37. The molecule has 2 N–H and O–H groups in total. The summed E-state index contributed by atoms with van der Waals surface area (Å²) in [5, 5.41) is 5.50. The topological polar surface area (TPSA) is 97.4 Å². The molecule has 0 aliphatic rings. The van der Waals surface area contributed by atoms with Gasteiger partial charge in [-0.25, -0.2) is 4.79 Å². The fraction of sp³-hybridized carbons (Fsp3) is 0.200. The maximum absolute atomic E-state index is 12.8.